The maximum absolute atomic E-state index is 13.1. The SMILES string of the molecule is O=C(O)C1CCCN(S(=O)c2ccc(C(F)(F)F)cc2C(F)(F)F)C1. The predicted octanol–water partition coefficient (Wildman–Crippen LogP) is 3.54. The van der Waals surface area contributed by atoms with Gasteiger partial charge in [-0.15, -0.1) is 0 Å². The van der Waals surface area contributed by atoms with Gasteiger partial charge in [0.2, 0.25) is 0 Å². The number of rotatable bonds is 3. The summed E-state index contributed by atoms with van der Waals surface area (Å²) in [5.74, 6) is -2.05. The summed E-state index contributed by atoms with van der Waals surface area (Å²) in [6.07, 6.45) is -9.50. The molecule has 0 spiro atoms. The van der Waals surface area contributed by atoms with Gasteiger partial charge < -0.3 is 5.11 Å². The lowest BCUT2D eigenvalue weighted by molar-refractivity contribution is -0.145. The van der Waals surface area contributed by atoms with E-state index in [9.17, 15) is 35.3 Å². The summed E-state index contributed by atoms with van der Waals surface area (Å²) in [5.41, 5.74) is -3.14. The van der Waals surface area contributed by atoms with E-state index in [1.807, 2.05) is 0 Å². The van der Waals surface area contributed by atoms with Crippen LogP contribution in [-0.2, 0) is 28.1 Å². The topological polar surface area (TPSA) is 57.6 Å². The van der Waals surface area contributed by atoms with Crippen LogP contribution in [0, 0.1) is 5.92 Å². The number of nitrogens with zero attached hydrogens (tertiary/aromatic N) is 1. The largest absolute Gasteiger partial charge is 0.481 e. The van der Waals surface area contributed by atoms with Crippen LogP contribution in [-0.4, -0.2) is 32.7 Å². The van der Waals surface area contributed by atoms with Crippen LogP contribution in [0.4, 0.5) is 26.3 Å². The smallest absolute Gasteiger partial charge is 0.417 e. The highest BCUT2D eigenvalue weighted by molar-refractivity contribution is 7.82. The number of piperidine rings is 1. The molecule has 1 saturated heterocycles. The number of aliphatic carboxylic acids is 1. The van der Waals surface area contributed by atoms with E-state index in [1.165, 1.54) is 0 Å². The molecule has 0 radical (unpaired) electrons. The molecule has 1 N–H and O–H groups in total. The molecule has 2 unspecified atom stereocenters. The molecule has 4 nitrogen and oxygen atoms in total. The van der Waals surface area contributed by atoms with Crippen LogP contribution < -0.4 is 0 Å². The van der Waals surface area contributed by atoms with E-state index in [4.69, 9.17) is 5.11 Å². The Bertz CT molecular complexity index is 688. The minimum absolute atomic E-state index is 0.0775. The van der Waals surface area contributed by atoms with Crippen molar-refractivity contribution in [2.75, 3.05) is 13.1 Å². The van der Waals surface area contributed by atoms with E-state index >= 15 is 0 Å². The molecule has 0 saturated carbocycles. The van der Waals surface area contributed by atoms with Crippen molar-refractivity contribution in [3.8, 4) is 0 Å². The van der Waals surface area contributed by atoms with Crippen molar-refractivity contribution in [3.05, 3.63) is 29.3 Å². The Hall–Kier alpha value is -1.62. The third-order valence-electron chi connectivity index (χ3n) is 3.77. The van der Waals surface area contributed by atoms with Gasteiger partial charge in [-0.3, -0.25) is 4.79 Å². The van der Waals surface area contributed by atoms with Crippen molar-refractivity contribution in [2.45, 2.75) is 30.1 Å². The van der Waals surface area contributed by atoms with Crippen LogP contribution in [0.2, 0.25) is 0 Å². The standard InChI is InChI=1S/C14H13F6NO3S/c15-13(16,17)9-3-4-11(10(6-9)14(18,19)20)25(24)21-5-1-2-8(7-21)12(22)23/h3-4,6,8H,1-2,5,7H2,(H,22,23). The number of alkyl halides is 6. The fourth-order valence-corrected chi connectivity index (χ4v) is 3.95. The van der Waals surface area contributed by atoms with Gasteiger partial charge in [0, 0.05) is 13.1 Å². The highest BCUT2D eigenvalue weighted by atomic mass is 32.2. The third-order valence-corrected chi connectivity index (χ3v) is 5.30. The fourth-order valence-electron chi connectivity index (χ4n) is 2.51. The van der Waals surface area contributed by atoms with Gasteiger partial charge in [-0.05, 0) is 31.0 Å². The van der Waals surface area contributed by atoms with Crippen LogP contribution in [0.3, 0.4) is 0 Å². The molecule has 2 atom stereocenters. The molecule has 1 fully saturated rings. The van der Waals surface area contributed by atoms with Gasteiger partial charge in [-0.2, -0.15) is 26.3 Å². The van der Waals surface area contributed by atoms with E-state index in [2.05, 4.69) is 0 Å². The molecule has 0 amide bonds. The molecular weight excluding hydrogens is 376 g/mol. The Balaban J connectivity index is 2.40. The molecule has 0 aliphatic carbocycles. The zero-order chi connectivity index (χ0) is 19.0. The first-order chi connectivity index (χ1) is 11.4. The summed E-state index contributed by atoms with van der Waals surface area (Å²) in [7, 11) is -2.42. The first-order valence-corrected chi connectivity index (χ1v) is 8.20. The summed E-state index contributed by atoms with van der Waals surface area (Å²) in [4.78, 5) is 10.2. The highest BCUT2D eigenvalue weighted by Crippen LogP contribution is 2.39. The molecule has 1 aromatic carbocycles. The quantitative estimate of drug-likeness (QED) is 0.805. The number of benzene rings is 1. The zero-order valence-corrected chi connectivity index (χ0v) is 13.3. The van der Waals surface area contributed by atoms with Gasteiger partial charge >= 0.3 is 18.3 Å². The summed E-state index contributed by atoms with van der Waals surface area (Å²) in [6, 6.07) is 0.888. The molecule has 1 aliphatic rings. The molecule has 25 heavy (non-hydrogen) atoms. The van der Waals surface area contributed by atoms with Crippen molar-refractivity contribution >= 4 is 17.0 Å². The summed E-state index contributed by atoms with van der Waals surface area (Å²) >= 11 is 0. The number of hydrogen-bond acceptors (Lipinski definition) is 2. The highest BCUT2D eigenvalue weighted by Gasteiger charge is 2.40. The van der Waals surface area contributed by atoms with Gasteiger partial charge in [0.1, 0.15) is 11.0 Å². The van der Waals surface area contributed by atoms with Crippen molar-refractivity contribution in [3.63, 3.8) is 0 Å². The number of halogens is 6. The van der Waals surface area contributed by atoms with E-state index in [-0.39, 0.29) is 19.2 Å². The lowest BCUT2D eigenvalue weighted by Crippen LogP contribution is -2.40. The van der Waals surface area contributed by atoms with Crippen molar-refractivity contribution in [1.29, 1.82) is 0 Å². The molecule has 1 aromatic rings. The van der Waals surface area contributed by atoms with Gasteiger partial charge in [-0.25, -0.2) is 8.51 Å². The maximum Gasteiger partial charge on any atom is 0.417 e. The molecule has 1 heterocycles. The van der Waals surface area contributed by atoms with E-state index < -0.39 is 51.2 Å². The Morgan fingerprint density at radius 1 is 1.16 bits per heavy atom. The van der Waals surface area contributed by atoms with E-state index in [0.29, 0.717) is 25.0 Å². The fraction of sp³-hybridized carbons (Fsp3) is 0.500. The first kappa shape index (κ1) is 19.7. The van der Waals surface area contributed by atoms with Crippen molar-refractivity contribution < 1.29 is 40.5 Å². The zero-order valence-electron chi connectivity index (χ0n) is 12.5. The summed E-state index contributed by atoms with van der Waals surface area (Å²) in [6.45, 7) is -0.144. The monoisotopic (exact) mass is 389 g/mol. The van der Waals surface area contributed by atoms with Crippen LogP contribution in [0.25, 0.3) is 0 Å². The second-order valence-electron chi connectivity index (χ2n) is 5.52. The van der Waals surface area contributed by atoms with Gasteiger partial charge in [0.25, 0.3) is 0 Å². The Labute approximate surface area is 141 Å². The number of hydrogen-bond donors (Lipinski definition) is 1. The molecular formula is C14H13F6NO3S. The summed E-state index contributed by atoms with van der Waals surface area (Å²) in [5, 5.41) is 8.99. The Kier molecular flexibility index (Phi) is 5.47. The van der Waals surface area contributed by atoms with E-state index in [0.717, 1.165) is 4.31 Å². The second-order valence-corrected chi connectivity index (χ2v) is 6.98. The van der Waals surface area contributed by atoms with Crippen LogP contribution >= 0.6 is 0 Å². The molecule has 140 valence electrons. The van der Waals surface area contributed by atoms with Crippen LogP contribution in [0.1, 0.15) is 24.0 Å². The van der Waals surface area contributed by atoms with Gasteiger partial charge in [0.15, 0.2) is 0 Å². The maximum atomic E-state index is 13.1. The first-order valence-electron chi connectivity index (χ1n) is 7.09. The van der Waals surface area contributed by atoms with Gasteiger partial charge in [0.05, 0.1) is 21.9 Å². The second kappa shape index (κ2) is 6.94. The molecule has 2 rings (SSSR count). The normalized spacial score (nSPS) is 21.1. The average Bonchev–Trinajstić information content (AvgIpc) is 2.52. The number of carboxylic acids is 1. The molecule has 11 heteroatoms. The number of carboxylic acid groups (broad SMARTS) is 1. The summed E-state index contributed by atoms with van der Waals surface area (Å²) < 4.78 is 90.9. The molecule has 0 aromatic heterocycles. The van der Waals surface area contributed by atoms with Crippen LogP contribution in [0.15, 0.2) is 23.1 Å². The lowest BCUT2D eigenvalue weighted by Gasteiger charge is -2.30. The van der Waals surface area contributed by atoms with Gasteiger partial charge in [-0.1, -0.05) is 0 Å². The average molecular weight is 389 g/mol. The van der Waals surface area contributed by atoms with Crippen LogP contribution in [0.5, 0.6) is 0 Å². The third kappa shape index (κ3) is 4.51. The molecule has 1 aliphatic heterocycles. The lowest BCUT2D eigenvalue weighted by atomic mass is 10.0. The number of carbonyl (C=O) groups is 1. The Morgan fingerprint density at radius 3 is 2.32 bits per heavy atom. The predicted molar refractivity (Wildman–Crippen MR) is 74.8 cm³/mol. The minimum Gasteiger partial charge on any atom is -0.481 e. The Morgan fingerprint density at radius 2 is 1.80 bits per heavy atom. The van der Waals surface area contributed by atoms with E-state index in [1.54, 1.807) is 0 Å². The molecule has 0 bridgehead atoms. The minimum atomic E-state index is -5.13. The van der Waals surface area contributed by atoms with Crippen molar-refractivity contribution in [2.24, 2.45) is 5.92 Å². The van der Waals surface area contributed by atoms with Crippen molar-refractivity contribution in [1.82, 2.24) is 4.31 Å².